The van der Waals surface area contributed by atoms with Gasteiger partial charge in [-0.25, -0.2) is 0 Å². The minimum atomic E-state index is -0.454. The third-order valence-electron chi connectivity index (χ3n) is 3.31. The Hall–Kier alpha value is -3.02. The van der Waals surface area contributed by atoms with Gasteiger partial charge in [-0.1, -0.05) is 31.2 Å². The standard InChI is InChI=1S/C19H22N2O4/c1-3-13-25-17-12-8-6-10-15(17)19(23)21-20-18(22)14-9-5-7-11-16(14)24-4-2/h5-12H,3-4,13H2,1-2H3,(H,20,22)(H,21,23). The van der Waals surface area contributed by atoms with Crippen molar-refractivity contribution in [3.05, 3.63) is 59.7 Å². The predicted molar refractivity (Wildman–Crippen MR) is 94.8 cm³/mol. The van der Waals surface area contributed by atoms with Gasteiger partial charge < -0.3 is 9.47 Å². The molecule has 0 heterocycles. The largest absolute Gasteiger partial charge is 0.493 e. The Kier molecular flexibility index (Phi) is 6.83. The van der Waals surface area contributed by atoms with E-state index in [1.807, 2.05) is 13.8 Å². The van der Waals surface area contributed by atoms with Crippen LogP contribution in [0.4, 0.5) is 0 Å². The van der Waals surface area contributed by atoms with Crippen LogP contribution >= 0.6 is 0 Å². The van der Waals surface area contributed by atoms with Crippen molar-refractivity contribution < 1.29 is 19.1 Å². The van der Waals surface area contributed by atoms with Crippen LogP contribution in [0, 0.1) is 0 Å². The van der Waals surface area contributed by atoms with Gasteiger partial charge in [0.1, 0.15) is 11.5 Å². The first-order valence-electron chi connectivity index (χ1n) is 8.21. The fraction of sp³-hybridized carbons (Fsp3) is 0.263. The van der Waals surface area contributed by atoms with Crippen molar-refractivity contribution in [2.75, 3.05) is 13.2 Å². The van der Waals surface area contributed by atoms with E-state index in [0.29, 0.717) is 35.8 Å². The number of para-hydroxylation sites is 2. The maximum atomic E-state index is 12.3. The van der Waals surface area contributed by atoms with Gasteiger partial charge in [0, 0.05) is 0 Å². The minimum Gasteiger partial charge on any atom is -0.493 e. The molecule has 0 fully saturated rings. The summed E-state index contributed by atoms with van der Waals surface area (Å²) in [7, 11) is 0. The Balaban J connectivity index is 2.04. The van der Waals surface area contributed by atoms with Crippen LogP contribution in [0.1, 0.15) is 41.0 Å². The number of benzene rings is 2. The van der Waals surface area contributed by atoms with Crippen LogP contribution in [-0.4, -0.2) is 25.0 Å². The van der Waals surface area contributed by atoms with E-state index in [1.165, 1.54) is 0 Å². The molecular weight excluding hydrogens is 320 g/mol. The molecule has 25 heavy (non-hydrogen) atoms. The molecule has 0 aliphatic rings. The highest BCUT2D eigenvalue weighted by atomic mass is 16.5. The van der Waals surface area contributed by atoms with Gasteiger partial charge in [0.15, 0.2) is 0 Å². The number of carbonyl (C=O) groups excluding carboxylic acids is 2. The summed E-state index contributed by atoms with van der Waals surface area (Å²) in [4.78, 5) is 24.6. The van der Waals surface area contributed by atoms with Crippen molar-refractivity contribution in [3.8, 4) is 11.5 Å². The number of hydrogen-bond acceptors (Lipinski definition) is 4. The summed E-state index contributed by atoms with van der Waals surface area (Å²) in [5, 5.41) is 0. The molecule has 0 aliphatic heterocycles. The Labute approximate surface area is 147 Å². The molecule has 2 aromatic rings. The van der Waals surface area contributed by atoms with E-state index < -0.39 is 11.8 Å². The predicted octanol–water partition coefficient (Wildman–Crippen LogP) is 2.95. The molecule has 132 valence electrons. The molecule has 6 heteroatoms. The zero-order valence-corrected chi connectivity index (χ0v) is 14.4. The van der Waals surface area contributed by atoms with Crippen molar-refractivity contribution >= 4 is 11.8 Å². The molecule has 2 rings (SSSR count). The van der Waals surface area contributed by atoms with Crippen LogP contribution in [0.2, 0.25) is 0 Å². The second-order valence-electron chi connectivity index (χ2n) is 5.18. The monoisotopic (exact) mass is 342 g/mol. The number of rotatable bonds is 7. The van der Waals surface area contributed by atoms with Crippen molar-refractivity contribution in [3.63, 3.8) is 0 Å². The highest BCUT2D eigenvalue weighted by molar-refractivity contribution is 6.01. The van der Waals surface area contributed by atoms with Crippen LogP contribution in [0.15, 0.2) is 48.5 Å². The van der Waals surface area contributed by atoms with E-state index in [4.69, 9.17) is 9.47 Å². The highest BCUT2D eigenvalue weighted by Gasteiger charge is 2.15. The van der Waals surface area contributed by atoms with E-state index in [0.717, 1.165) is 6.42 Å². The average molecular weight is 342 g/mol. The van der Waals surface area contributed by atoms with Crippen LogP contribution in [0.5, 0.6) is 11.5 Å². The summed E-state index contributed by atoms with van der Waals surface area (Å²) < 4.78 is 11.0. The van der Waals surface area contributed by atoms with Gasteiger partial charge in [-0.2, -0.15) is 0 Å². The van der Waals surface area contributed by atoms with Gasteiger partial charge in [-0.05, 0) is 37.6 Å². The van der Waals surface area contributed by atoms with Gasteiger partial charge in [0.25, 0.3) is 11.8 Å². The molecule has 0 saturated heterocycles. The van der Waals surface area contributed by atoms with Gasteiger partial charge in [0.2, 0.25) is 0 Å². The molecule has 2 aromatic carbocycles. The Morgan fingerprint density at radius 1 is 0.800 bits per heavy atom. The molecule has 0 radical (unpaired) electrons. The van der Waals surface area contributed by atoms with Crippen LogP contribution < -0.4 is 20.3 Å². The second-order valence-corrected chi connectivity index (χ2v) is 5.18. The lowest BCUT2D eigenvalue weighted by atomic mass is 10.2. The first-order valence-corrected chi connectivity index (χ1v) is 8.21. The second kappa shape index (κ2) is 9.32. The molecule has 0 atom stereocenters. The van der Waals surface area contributed by atoms with Crippen molar-refractivity contribution in [2.45, 2.75) is 20.3 Å². The zero-order valence-electron chi connectivity index (χ0n) is 14.4. The number of nitrogens with one attached hydrogen (secondary N) is 2. The molecule has 0 aromatic heterocycles. The highest BCUT2D eigenvalue weighted by Crippen LogP contribution is 2.19. The molecule has 0 unspecified atom stereocenters. The van der Waals surface area contributed by atoms with Crippen LogP contribution in [0.25, 0.3) is 0 Å². The lowest BCUT2D eigenvalue weighted by molar-refractivity contribution is 0.0842. The maximum absolute atomic E-state index is 12.3. The molecule has 2 N–H and O–H groups in total. The molecule has 0 bridgehead atoms. The molecule has 0 aliphatic carbocycles. The molecule has 2 amide bonds. The molecule has 0 spiro atoms. The van der Waals surface area contributed by atoms with E-state index in [1.54, 1.807) is 48.5 Å². The lowest BCUT2D eigenvalue weighted by Crippen LogP contribution is -2.41. The quantitative estimate of drug-likeness (QED) is 0.759. The SMILES string of the molecule is CCCOc1ccccc1C(=O)NNC(=O)c1ccccc1OCC. The zero-order chi connectivity index (χ0) is 18.1. The first kappa shape index (κ1) is 18.3. The lowest BCUT2D eigenvalue weighted by Gasteiger charge is -2.13. The van der Waals surface area contributed by atoms with Crippen LogP contribution in [-0.2, 0) is 0 Å². The van der Waals surface area contributed by atoms with E-state index >= 15 is 0 Å². The molecule has 0 saturated carbocycles. The van der Waals surface area contributed by atoms with Crippen molar-refractivity contribution in [1.29, 1.82) is 0 Å². The van der Waals surface area contributed by atoms with E-state index in [2.05, 4.69) is 10.9 Å². The van der Waals surface area contributed by atoms with Gasteiger partial charge in [-0.3, -0.25) is 20.4 Å². The fourth-order valence-electron chi connectivity index (χ4n) is 2.18. The third kappa shape index (κ3) is 4.97. The van der Waals surface area contributed by atoms with E-state index in [9.17, 15) is 9.59 Å². The number of hydrazine groups is 1. The van der Waals surface area contributed by atoms with Crippen molar-refractivity contribution in [2.24, 2.45) is 0 Å². The first-order chi connectivity index (χ1) is 12.2. The number of ether oxygens (including phenoxy) is 2. The summed E-state index contributed by atoms with van der Waals surface area (Å²) in [6.45, 7) is 4.78. The minimum absolute atomic E-state index is 0.347. The van der Waals surface area contributed by atoms with E-state index in [-0.39, 0.29) is 0 Å². The van der Waals surface area contributed by atoms with Crippen LogP contribution in [0.3, 0.4) is 0 Å². The smallest absolute Gasteiger partial charge is 0.273 e. The summed E-state index contributed by atoms with van der Waals surface area (Å²) in [6, 6.07) is 13.7. The van der Waals surface area contributed by atoms with Gasteiger partial charge in [0.05, 0.1) is 24.3 Å². The number of amides is 2. The van der Waals surface area contributed by atoms with Gasteiger partial charge >= 0.3 is 0 Å². The summed E-state index contributed by atoms with van der Waals surface area (Å²) >= 11 is 0. The fourth-order valence-corrected chi connectivity index (χ4v) is 2.18. The van der Waals surface area contributed by atoms with Gasteiger partial charge in [-0.15, -0.1) is 0 Å². The summed E-state index contributed by atoms with van der Waals surface area (Å²) in [6.07, 6.45) is 0.834. The normalized spacial score (nSPS) is 10.0. The summed E-state index contributed by atoms with van der Waals surface area (Å²) in [5.41, 5.74) is 5.52. The number of carbonyl (C=O) groups is 2. The number of hydrogen-bond donors (Lipinski definition) is 2. The average Bonchev–Trinajstić information content (AvgIpc) is 2.65. The maximum Gasteiger partial charge on any atom is 0.273 e. The third-order valence-corrected chi connectivity index (χ3v) is 3.31. The van der Waals surface area contributed by atoms with Crippen molar-refractivity contribution in [1.82, 2.24) is 10.9 Å². The Bertz CT molecular complexity index is 731. The molecular formula is C19H22N2O4. The topological polar surface area (TPSA) is 76.7 Å². The summed E-state index contributed by atoms with van der Waals surface area (Å²) in [5.74, 6) is 0.0348. The Morgan fingerprint density at radius 3 is 1.76 bits per heavy atom. The molecule has 6 nitrogen and oxygen atoms in total. The Morgan fingerprint density at radius 2 is 1.28 bits per heavy atom.